The lowest BCUT2D eigenvalue weighted by Gasteiger charge is -2.40. The van der Waals surface area contributed by atoms with Crippen molar-refractivity contribution < 1.29 is 4.74 Å². The molecule has 0 atom stereocenters. The molecule has 1 aliphatic carbocycles. The topological polar surface area (TPSA) is 34.1 Å². The molecule has 3 rings (SSSR count). The number of nitrogens with one attached hydrogen (secondary N) is 1. The standard InChI is InChI=1S/C16H20N2O/c1-19-16(7-3-8-16)12-18-11-14-5-2-4-13-10-17-9-6-15(13)14/h2,4-6,9-10,18H,3,7-8,11-12H2,1H3. The van der Waals surface area contributed by atoms with Crippen LogP contribution in [0.25, 0.3) is 10.8 Å². The van der Waals surface area contributed by atoms with E-state index in [-0.39, 0.29) is 5.60 Å². The van der Waals surface area contributed by atoms with Gasteiger partial charge in [0.15, 0.2) is 0 Å². The van der Waals surface area contributed by atoms with E-state index in [1.807, 2.05) is 19.5 Å². The zero-order valence-corrected chi connectivity index (χ0v) is 11.4. The summed E-state index contributed by atoms with van der Waals surface area (Å²) in [5.74, 6) is 0. The van der Waals surface area contributed by atoms with Crippen LogP contribution in [0.15, 0.2) is 36.7 Å². The van der Waals surface area contributed by atoms with Crippen molar-refractivity contribution in [1.29, 1.82) is 0 Å². The van der Waals surface area contributed by atoms with Crippen molar-refractivity contribution in [2.75, 3.05) is 13.7 Å². The Morgan fingerprint density at radius 2 is 2.21 bits per heavy atom. The highest BCUT2D eigenvalue weighted by atomic mass is 16.5. The lowest BCUT2D eigenvalue weighted by molar-refractivity contribution is -0.0695. The van der Waals surface area contributed by atoms with E-state index in [1.54, 1.807) is 0 Å². The third-order valence-corrected chi connectivity index (χ3v) is 4.23. The molecule has 0 spiro atoms. The van der Waals surface area contributed by atoms with Gasteiger partial charge in [-0.3, -0.25) is 4.98 Å². The van der Waals surface area contributed by atoms with Crippen molar-refractivity contribution in [3.63, 3.8) is 0 Å². The first-order chi connectivity index (χ1) is 9.33. The van der Waals surface area contributed by atoms with Crippen LogP contribution in [0.5, 0.6) is 0 Å². The normalized spacial score (nSPS) is 17.3. The number of nitrogens with zero attached hydrogens (tertiary/aromatic N) is 1. The summed E-state index contributed by atoms with van der Waals surface area (Å²) in [7, 11) is 1.82. The van der Waals surface area contributed by atoms with Gasteiger partial charge in [0.25, 0.3) is 0 Å². The van der Waals surface area contributed by atoms with E-state index in [1.165, 1.54) is 35.6 Å². The second-order valence-electron chi connectivity index (χ2n) is 5.36. The smallest absolute Gasteiger partial charge is 0.0802 e. The van der Waals surface area contributed by atoms with Gasteiger partial charge < -0.3 is 10.1 Å². The summed E-state index contributed by atoms with van der Waals surface area (Å²) in [5.41, 5.74) is 1.41. The van der Waals surface area contributed by atoms with Crippen LogP contribution in [0.4, 0.5) is 0 Å². The second-order valence-corrected chi connectivity index (χ2v) is 5.36. The quantitative estimate of drug-likeness (QED) is 0.893. The van der Waals surface area contributed by atoms with Gasteiger partial charge in [0.05, 0.1) is 5.60 Å². The fourth-order valence-electron chi connectivity index (χ4n) is 2.79. The molecule has 3 nitrogen and oxygen atoms in total. The fourth-order valence-corrected chi connectivity index (χ4v) is 2.79. The number of hydrogen-bond donors (Lipinski definition) is 1. The van der Waals surface area contributed by atoms with Crippen molar-refractivity contribution in [3.8, 4) is 0 Å². The average Bonchev–Trinajstić information content (AvgIpc) is 2.42. The molecule has 1 fully saturated rings. The van der Waals surface area contributed by atoms with Crippen LogP contribution in [-0.2, 0) is 11.3 Å². The average molecular weight is 256 g/mol. The first-order valence-corrected chi connectivity index (χ1v) is 6.90. The third-order valence-electron chi connectivity index (χ3n) is 4.23. The number of rotatable bonds is 5. The largest absolute Gasteiger partial charge is 0.377 e. The second kappa shape index (κ2) is 5.27. The Morgan fingerprint density at radius 1 is 1.32 bits per heavy atom. The summed E-state index contributed by atoms with van der Waals surface area (Å²) in [6, 6.07) is 8.46. The molecule has 0 bridgehead atoms. The van der Waals surface area contributed by atoms with Crippen molar-refractivity contribution in [2.24, 2.45) is 0 Å². The monoisotopic (exact) mass is 256 g/mol. The Morgan fingerprint density at radius 3 is 2.95 bits per heavy atom. The maximum absolute atomic E-state index is 5.63. The molecule has 0 saturated heterocycles. The molecule has 1 N–H and O–H groups in total. The summed E-state index contributed by atoms with van der Waals surface area (Å²) in [6.45, 7) is 1.82. The lowest BCUT2D eigenvalue weighted by atomic mass is 9.80. The van der Waals surface area contributed by atoms with Gasteiger partial charge in [-0.15, -0.1) is 0 Å². The van der Waals surface area contributed by atoms with Gasteiger partial charge in [0.2, 0.25) is 0 Å². The number of hydrogen-bond acceptors (Lipinski definition) is 3. The first-order valence-electron chi connectivity index (χ1n) is 6.90. The molecule has 0 aliphatic heterocycles. The van der Waals surface area contributed by atoms with Crippen molar-refractivity contribution in [3.05, 3.63) is 42.2 Å². The number of methoxy groups -OCH3 is 1. The summed E-state index contributed by atoms with van der Waals surface area (Å²) < 4.78 is 5.63. The molecule has 0 amide bonds. The predicted octanol–water partition coefficient (Wildman–Crippen LogP) is 2.89. The van der Waals surface area contributed by atoms with Gasteiger partial charge in [0, 0.05) is 38.0 Å². The summed E-state index contributed by atoms with van der Waals surface area (Å²) in [4.78, 5) is 4.17. The van der Waals surface area contributed by atoms with Gasteiger partial charge in [-0.2, -0.15) is 0 Å². The molecule has 1 saturated carbocycles. The van der Waals surface area contributed by atoms with Gasteiger partial charge in [-0.25, -0.2) is 0 Å². The molecule has 2 aromatic rings. The molecule has 19 heavy (non-hydrogen) atoms. The van der Waals surface area contributed by atoms with E-state index in [0.29, 0.717) is 0 Å². The molecule has 0 radical (unpaired) electrons. The molecule has 1 heterocycles. The molecule has 0 unspecified atom stereocenters. The molecule has 1 aromatic heterocycles. The molecular weight excluding hydrogens is 236 g/mol. The van der Waals surface area contributed by atoms with Crippen LogP contribution in [0.1, 0.15) is 24.8 Å². The van der Waals surface area contributed by atoms with Crippen LogP contribution in [0, 0.1) is 0 Å². The zero-order chi connectivity index (χ0) is 13.1. The Hall–Kier alpha value is -1.45. The third kappa shape index (κ3) is 2.48. The fraction of sp³-hybridized carbons (Fsp3) is 0.438. The summed E-state index contributed by atoms with van der Waals surface area (Å²) >= 11 is 0. The van der Waals surface area contributed by atoms with E-state index < -0.39 is 0 Å². The minimum atomic E-state index is 0.0894. The van der Waals surface area contributed by atoms with E-state index in [2.05, 4.69) is 34.6 Å². The van der Waals surface area contributed by atoms with E-state index in [9.17, 15) is 0 Å². The van der Waals surface area contributed by atoms with Gasteiger partial charge in [-0.05, 0) is 36.3 Å². The predicted molar refractivity (Wildman–Crippen MR) is 77.0 cm³/mol. The number of benzene rings is 1. The van der Waals surface area contributed by atoms with Crippen molar-refractivity contribution >= 4 is 10.8 Å². The Kier molecular flexibility index (Phi) is 3.49. The van der Waals surface area contributed by atoms with E-state index in [0.717, 1.165) is 13.1 Å². The summed E-state index contributed by atoms with van der Waals surface area (Å²) in [5, 5.41) is 6.03. The van der Waals surface area contributed by atoms with Crippen molar-refractivity contribution in [1.82, 2.24) is 10.3 Å². The van der Waals surface area contributed by atoms with Crippen LogP contribution in [0.3, 0.4) is 0 Å². The maximum Gasteiger partial charge on any atom is 0.0802 e. The SMILES string of the molecule is COC1(CNCc2cccc3cnccc23)CCC1. The number of aromatic nitrogens is 1. The Labute approximate surface area is 114 Å². The summed E-state index contributed by atoms with van der Waals surface area (Å²) in [6.07, 6.45) is 7.41. The molecular formula is C16H20N2O. The van der Waals surface area contributed by atoms with Gasteiger partial charge >= 0.3 is 0 Å². The van der Waals surface area contributed by atoms with Crippen LogP contribution < -0.4 is 5.32 Å². The number of pyridine rings is 1. The number of ether oxygens (including phenoxy) is 1. The maximum atomic E-state index is 5.63. The van der Waals surface area contributed by atoms with Gasteiger partial charge in [-0.1, -0.05) is 18.2 Å². The Balaban J connectivity index is 1.68. The highest BCUT2D eigenvalue weighted by molar-refractivity contribution is 5.84. The first kappa shape index (κ1) is 12.6. The van der Waals surface area contributed by atoms with Crippen molar-refractivity contribution in [2.45, 2.75) is 31.4 Å². The lowest BCUT2D eigenvalue weighted by Crippen LogP contribution is -2.47. The van der Waals surface area contributed by atoms with Crippen LogP contribution in [0.2, 0.25) is 0 Å². The molecule has 100 valence electrons. The molecule has 1 aromatic carbocycles. The van der Waals surface area contributed by atoms with E-state index >= 15 is 0 Å². The minimum absolute atomic E-state index is 0.0894. The molecule has 1 aliphatic rings. The van der Waals surface area contributed by atoms with Crippen LogP contribution >= 0.6 is 0 Å². The zero-order valence-electron chi connectivity index (χ0n) is 11.4. The minimum Gasteiger partial charge on any atom is -0.377 e. The van der Waals surface area contributed by atoms with Crippen LogP contribution in [-0.4, -0.2) is 24.2 Å². The highest BCUT2D eigenvalue weighted by Gasteiger charge is 2.36. The molecule has 3 heteroatoms. The highest BCUT2D eigenvalue weighted by Crippen LogP contribution is 2.34. The number of fused-ring (bicyclic) bond motifs is 1. The van der Waals surface area contributed by atoms with E-state index in [4.69, 9.17) is 4.74 Å². The van der Waals surface area contributed by atoms with Gasteiger partial charge in [0.1, 0.15) is 0 Å². The Bertz CT molecular complexity index is 553.